The summed E-state index contributed by atoms with van der Waals surface area (Å²) in [6.45, 7) is 5.62. The summed E-state index contributed by atoms with van der Waals surface area (Å²) in [6, 6.07) is 7.46. The minimum Gasteiger partial charge on any atom is -0.326 e. The minimum absolute atomic E-state index is 0.0804. The summed E-state index contributed by atoms with van der Waals surface area (Å²) < 4.78 is 0. The number of amides is 3. The van der Waals surface area contributed by atoms with Gasteiger partial charge < -0.3 is 10.6 Å². The molecule has 3 aliphatic rings. The number of carbonyl (C=O) groups is 3. The lowest BCUT2D eigenvalue weighted by Gasteiger charge is -2.33. The van der Waals surface area contributed by atoms with Crippen molar-refractivity contribution >= 4 is 35.2 Å². The Morgan fingerprint density at radius 3 is 2.56 bits per heavy atom. The fourth-order valence-corrected chi connectivity index (χ4v) is 5.61. The molecule has 3 heterocycles. The lowest BCUT2D eigenvalue weighted by atomic mass is 9.76. The molecule has 2 saturated heterocycles. The average molecular weight is 389 g/mol. The van der Waals surface area contributed by atoms with E-state index in [1.165, 1.54) is 4.90 Å². The molecule has 0 aromatic heterocycles. The number of nitrogens with one attached hydrogen (secondary N) is 1. The van der Waals surface area contributed by atoms with E-state index in [0.717, 1.165) is 23.4 Å². The molecule has 0 saturated carbocycles. The number of rotatable bonds is 3. The third-order valence-corrected chi connectivity index (χ3v) is 6.75. The zero-order valence-electron chi connectivity index (χ0n) is 16.1. The number of benzene rings is 1. The van der Waals surface area contributed by atoms with Gasteiger partial charge in [-0.15, -0.1) is 0 Å². The van der Waals surface area contributed by atoms with Gasteiger partial charge in [0.25, 0.3) is 5.91 Å². The minimum atomic E-state index is -1.04. The highest BCUT2D eigenvalue weighted by atomic mass is 32.2. The van der Waals surface area contributed by atoms with Crippen LogP contribution < -0.4 is 10.6 Å². The molecule has 4 rings (SSSR count). The highest BCUT2D eigenvalue weighted by Gasteiger charge is 2.74. The van der Waals surface area contributed by atoms with Gasteiger partial charge in [0.2, 0.25) is 17.4 Å². The van der Waals surface area contributed by atoms with Crippen LogP contribution in [0.4, 0.5) is 5.69 Å². The number of hydrogen-bond donors (Lipinski definition) is 2. The molecule has 1 aromatic carbocycles. The molecule has 3 aliphatic heterocycles. The highest BCUT2D eigenvalue weighted by Crippen LogP contribution is 2.50. The molecule has 3 amide bonds. The molecule has 0 unspecified atom stereocenters. The molecule has 7 heteroatoms. The van der Waals surface area contributed by atoms with Crippen LogP contribution in [0.2, 0.25) is 0 Å². The number of nitrogens with zero attached hydrogens (tertiary/aromatic N) is 1. The van der Waals surface area contributed by atoms with Crippen LogP contribution >= 0.6 is 11.8 Å². The number of para-hydroxylation sites is 1. The van der Waals surface area contributed by atoms with Gasteiger partial charge in [-0.25, -0.2) is 0 Å². The topological polar surface area (TPSA) is 83.1 Å². The molecule has 144 valence electrons. The lowest BCUT2D eigenvalue weighted by Crippen LogP contribution is -2.99. The quantitative estimate of drug-likeness (QED) is 0.755. The number of quaternary nitrogens is 1. The number of thioether (sulfide) groups is 1. The van der Waals surface area contributed by atoms with Crippen LogP contribution in [0.25, 0.3) is 0 Å². The number of imide groups is 1. The predicted octanol–water partition coefficient (Wildman–Crippen LogP) is 0.932. The van der Waals surface area contributed by atoms with E-state index in [-0.39, 0.29) is 23.8 Å². The Hall–Kier alpha value is -1.86. The first-order chi connectivity index (χ1) is 12.7. The molecule has 0 radical (unpaired) electrons. The molecule has 6 nitrogen and oxygen atoms in total. The van der Waals surface area contributed by atoms with E-state index < -0.39 is 22.9 Å². The van der Waals surface area contributed by atoms with Crippen molar-refractivity contribution in [3.63, 3.8) is 0 Å². The van der Waals surface area contributed by atoms with Crippen molar-refractivity contribution in [1.82, 2.24) is 4.90 Å². The average Bonchev–Trinajstić information content (AvgIpc) is 3.17. The monoisotopic (exact) mass is 388 g/mol. The van der Waals surface area contributed by atoms with Crippen molar-refractivity contribution < 1.29 is 19.7 Å². The van der Waals surface area contributed by atoms with E-state index in [1.54, 1.807) is 11.8 Å². The van der Waals surface area contributed by atoms with E-state index in [1.807, 2.05) is 56.6 Å². The van der Waals surface area contributed by atoms with Gasteiger partial charge in [0.05, 0.1) is 5.69 Å². The number of carbonyl (C=O) groups excluding carboxylic acids is 3. The van der Waals surface area contributed by atoms with E-state index in [4.69, 9.17) is 0 Å². The van der Waals surface area contributed by atoms with E-state index in [0.29, 0.717) is 0 Å². The van der Waals surface area contributed by atoms with Crippen LogP contribution in [0.15, 0.2) is 24.3 Å². The van der Waals surface area contributed by atoms with Crippen molar-refractivity contribution in [3.8, 4) is 0 Å². The number of hydrogen-bond acceptors (Lipinski definition) is 4. The highest BCUT2D eigenvalue weighted by molar-refractivity contribution is 7.98. The van der Waals surface area contributed by atoms with Crippen LogP contribution in [0, 0.1) is 11.8 Å². The maximum absolute atomic E-state index is 13.5. The zero-order chi connectivity index (χ0) is 19.6. The summed E-state index contributed by atoms with van der Waals surface area (Å²) in [5.74, 6) is -0.746. The maximum Gasteiger partial charge on any atom is 0.291 e. The van der Waals surface area contributed by atoms with Gasteiger partial charge >= 0.3 is 0 Å². The molecule has 3 N–H and O–H groups in total. The van der Waals surface area contributed by atoms with Crippen molar-refractivity contribution in [2.24, 2.45) is 11.8 Å². The van der Waals surface area contributed by atoms with Gasteiger partial charge in [-0.3, -0.25) is 19.3 Å². The standard InChI is InChI=1S/C20H25N3O3S/c1-19(2,3)23-16(24)14-13(9-10-27-4)22-20(15(14)17(23)25)11-7-5-6-8-12(11)21-18(20)26/h5-8,13-15,22H,9-10H2,1-4H3,(H,21,26)/p+1/t13-,14+,15-,20+/m0/s1. The van der Waals surface area contributed by atoms with Crippen molar-refractivity contribution in [1.29, 1.82) is 0 Å². The lowest BCUT2D eigenvalue weighted by molar-refractivity contribution is -0.733. The Balaban J connectivity index is 1.87. The van der Waals surface area contributed by atoms with Crippen molar-refractivity contribution in [2.45, 2.75) is 44.3 Å². The fourth-order valence-electron chi connectivity index (χ4n) is 5.10. The predicted molar refractivity (Wildman–Crippen MR) is 104 cm³/mol. The molecular weight excluding hydrogens is 362 g/mol. The van der Waals surface area contributed by atoms with Gasteiger partial charge in [0, 0.05) is 17.5 Å². The number of likely N-dealkylation sites (tertiary alicyclic amines) is 1. The number of fused-ring (bicyclic) bond motifs is 4. The van der Waals surface area contributed by atoms with Crippen LogP contribution in [0.5, 0.6) is 0 Å². The number of anilines is 1. The van der Waals surface area contributed by atoms with Crippen molar-refractivity contribution in [3.05, 3.63) is 29.8 Å². The number of nitrogens with two attached hydrogens (primary N) is 1. The molecule has 4 atom stereocenters. The molecule has 2 fully saturated rings. The van der Waals surface area contributed by atoms with Crippen LogP contribution in [-0.4, -0.2) is 46.2 Å². The Morgan fingerprint density at radius 1 is 1.19 bits per heavy atom. The second-order valence-corrected chi connectivity index (χ2v) is 9.65. The summed E-state index contributed by atoms with van der Waals surface area (Å²) in [6.07, 6.45) is 2.82. The Labute approximate surface area is 163 Å². The SMILES string of the molecule is CSCC[C@@H]1[NH2+][C@@]2(C(=O)Nc3ccccc32)[C@@H]2C(=O)N(C(C)(C)C)C(=O)[C@H]12. The van der Waals surface area contributed by atoms with Crippen LogP contribution in [0.1, 0.15) is 32.8 Å². The second-order valence-electron chi connectivity index (χ2n) is 8.67. The van der Waals surface area contributed by atoms with Gasteiger partial charge in [-0.1, -0.05) is 18.2 Å². The summed E-state index contributed by atoms with van der Waals surface area (Å²) in [5.41, 5.74) is -0.0684. The van der Waals surface area contributed by atoms with E-state index >= 15 is 0 Å². The second kappa shape index (κ2) is 6.07. The normalized spacial score (nSPS) is 32.2. The first-order valence-electron chi connectivity index (χ1n) is 9.37. The van der Waals surface area contributed by atoms with E-state index in [9.17, 15) is 14.4 Å². The molecule has 1 spiro atoms. The zero-order valence-corrected chi connectivity index (χ0v) is 16.9. The van der Waals surface area contributed by atoms with Gasteiger partial charge in [-0.2, -0.15) is 11.8 Å². The van der Waals surface area contributed by atoms with E-state index in [2.05, 4.69) is 5.32 Å². The van der Waals surface area contributed by atoms with Gasteiger partial charge in [0.15, 0.2) is 0 Å². The summed E-state index contributed by atoms with van der Waals surface area (Å²) >= 11 is 1.72. The summed E-state index contributed by atoms with van der Waals surface area (Å²) in [7, 11) is 0. The molecular formula is C20H26N3O3S+. The first kappa shape index (κ1) is 18.5. The van der Waals surface area contributed by atoms with Crippen LogP contribution in [-0.2, 0) is 19.9 Å². The Morgan fingerprint density at radius 2 is 1.89 bits per heavy atom. The van der Waals surface area contributed by atoms with Gasteiger partial charge in [0.1, 0.15) is 17.9 Å². The fraction of sp³-hybridized carbons (Fsp3) is 0.550. The molecule has 1 aromatic rings. The Kier molecular flexibility index (Phi) is 4.16. The Bertz CT molecular complexity index is 834. The van der Waals surface area contributed by atoms with Crippen LogP contribution in [0.3, 0.4) is 0 Å². The molecule has 27 heavy (non-hydrogen) atoms. The summed E-state index contributed by atoms with van der Waals surface area (Å²) in [4.78, 5) is 41.4. The maximum atomic E-state index is 13.5. The van der Waals surface area contributed by atoms with Gasteiger partial charge in [-0.05, 0) is 38.8 Å². The largest absolute Gasteiger partial charge is 0.326 e. The molecule has 0 bridgehead atoms. The molecule has 0 aliphatic carbocycles. The third-order valence-electron chi connectivity index (χ3n) is 6.10. The first-order valence-corrected chi connectivity index (χ1v) is 10.8. The summed E-state index contributed by atoms with van der Waals surface area (Å²) in [5, 5.41) is 4.96. The third kappa shape index (κ3) is 2.41. The smallest absolute Gasteiger partial charge is 0.291 e. The van der Waals surface area contributed by atoms with Crippen molar-refractivity contribution in [2.75, 3.05) is 17.3 Å².